The predicted octanol–water partition coefficient (Wildman–Crippen LogP) is 3.10. The fraction of sp³-hybridized carbons (Fsp3) is 0.167. The molecular weight excluding hydrogens is 296 g/mol. The molecule has 0 bridgehead atoms. The summed E-state index contributed by atoms with van der Waals surface area (Å²) in [6, 6.07) is 13.3. The van der Waals surface area contributed by atoms with Crippen LogP contribution in [0.4, 0.5) is 0 Å². The molecule has 5 nitrogen and oxygen atoms in total. The summed E-state index contributed by atoms with van der Waals surface area (Å²) in [5.74, 6) is -0.644. The van der Waals surface area contributed by atoms with Crippen molar-refractivity contribution in [2.45, 2.75) is 19.4 Å². The second-order valence-electron chi connectivity index (χ2n) is 5.24. The van der Waals surface area contributed by atoms with Crippen LogP contribution in [0.1, 0.15) is 45.7 Å². The highest BCUT2D eigenvalue weighted by Crippen LogP contribution is 2.33. The molecule has 0 spiro atoms. The highest BCUT2D eigenvalue weighted by molar-refractivity contribution is 5.95. The highest BCUT2D eigenvalue weighted by atomic mass is 16.6. The van der Waals surface area contributed by atoms with Crippen molar-refractivity contribution in [3.8, 4) is 5.75 Å². The third-order valence-corrected chi connectivity index (χ3v) is 3.62. The molecule has 0 radical (unpaired) electrons. The Labute approximate surface area is 132 Å². The first-order chi connectivity index (χ1) is 11.0. The maximum absolute atomic E-state index is 12.0. The van der Waals surface area contributed by atoms with Crippen LogP contribution in [-0.2, 0) is 9.53 Å². The fourth-order valence-corrected chi connectivity index (χ4v) is 2.45. The summed E-state index contributed by atoms with van der Waals surface area (Å²) in [5, 5.41) is 0. The van der Waals surface area contributed by atoms with Crippen molar-refractivity contribution in [1.29, 1.82) is 0 Å². The zero-order valence-corrected chi connectivity index (χ0v) is 12.4. The lowest BCUT2D eigenvalue weighted by Crippen LogP contribution is -2.13. The van der Waals surface area contributed by atoms with Crippen molar-refractivity contribution in [1.82, 2.24) is 0 Å². The Bertz CT molecular complexity index is 776. The van der Waals surface area contributed by atoms with Crippen molar-refractivity contribution >= 4 is 17.7 Å². The molecule has 0 aliphatic carbocycles. The van der Waals surface area contributed by atoms with Crippen LogP contribution in [0.2, 0.25) is 0 Å². The Morgan fingerprint density at radius 2 is 1.78 bits per heavy atom. The van der Waals surface area contributed by atoms with Crippen LogP contribution < -0.4 is 4.74 Å². The first-order valence-electron chi connectivity index (χ1n) is 7.16. The van der Waals surface area contributed by atoms with Crippen LogP contribution in [0.15, 0.2) is 48.5 Å². The van der Waals surface area contributed by atoms with Gasteiger partial charge < -0.3 is 9.47 Å². The van der Waals surface area contributed by atoms with Gasteiger partial charge in [0.25, 0.3) is 0 Å². The number of ketones is 1. The normalized spacial score (nSPS) is 15.7. The maximum atomic E-state index is 12.0. The number of hydrogen-bond donors (Lipinski definition) is 0. The average Bonchev–Trinajstić information content (AvgIpc) is 2.84. The van der Waals surface area contributed by atoms with Gasteiger partial charge in [-0.25, -0.2) is 4.79 Å². The van der Waals surface area contributed by atoms with Crippen LogP contribution in [0, 0.1) is 0 Å². The number of cyclic esters (lactones) is 1. The van der Waals surface area contributed by atoms with Crippen LogP contribution in [0.5, 0.6) is 5.75 Å². The summed E-state index contributed by atoms with van der Waals surface area (Å²) in [6.45, 7) is 1.47. The van der Waals surface area contributed by atoms with Crippen LogP contribution in [-0.4, -0.2) is 17.7 Å². The van der Waals surface area contributed by atoms with Crippen molar-refractivity contribution in [2.75, 3.05) is 0 Å². The van der Waals surface area contributed by atoms with Crippen molar-refractivity contribution in [2.24, 2.45) is 0 Å². The number of ether oxygens (including phenoxy) is 2. The number of hydrogen-bond acceptors (Lipinski definition) is 5. The summed E-state index contributed by atoms with van der Waals surface area (Å²) in [5.41, 5.74) is 1.72. The van der Waals surface area contributed by atoms with E-state index in [9.17, 15) is 14.4 Å². The van der Waals surface area contributed by atoms with Gasteiger partial charge in [0, 0.05) is 11.1 Å². The van der Waals surface area contributed by atoms with Gasteiger partial charge in [-0.1, -0.05) is 18.2 Å². The Kier molecular flexibility index (Phi) is 3.93. The molecule has 2 aromatic rings. The average molecular weight is 310 g/mol. The van der Waals surface area contributed by atoms with E-state index in [-0.39, 0.29) is 12.2 Å². The van der Waals surface area contributed by atoms with E-state index in [1.807, 2.05) is 0 Å². The number of benzene rings is 2. The molecule has 3 rings (SSSR count). The lowest BCUT2D eigenvalue weighted by Gasteiger charge is -2.10. The van der Waals surface area contributed by atoms with Crippen LogP contribution in [0.25, 0.3) is 0 Å². The Morgan fingerprint density at radius 3 is 2.48 bits per heavy atom. The zero-order chi connectivity index (χ0) is 16.4. The molecule has 0 N–H and O–H groups in total. The minimum atomic E-state index is -0.623. The summed E-state index contributed by atoms with van der Waals surface area (Å²) in [6.07, 6.45) is -0.681. The topological polar surface area (TPSA) is 69.7 Å². The van der Waals surface area contributed by atoms with Crippen LogP contribution >= 0.6 is 0 Å². The van der Waals surface area contributed by atoms with E-state index < -0.39 is 18.0 Å². The van der Waals surface area contributed by atoms with Crippen LogP contribution in [0.3, 0.4) is 0 Å². The predicted molar refractivity (Wildman–Crippen MR) is 81.3 cm³/mol. The third-order valence-electron chi connectivity index (χ3n) is 3.62. The molecule has 1 aliphatic heterocycles. The number of Topliss-reactive ketones (excluding diaryl/α,β-unsaturated/α-hetero) is 1. The molecule has 5 heteroatoms. The van der Waals surface area contributed by atoms with Gasteiger partial charge in [0.05, 0.1) is 12.0 Å². The molecule has 0 saturated heterocycles. The van der Waals surface area contributed by atoms with Gasteiger partial charge in [0.2, 0.25) is 0 Å². The third kappa shape index (κ3) is 3.13. The largest absolute Gasteiger partial charge is 0.453 e. The number of carbonyl (C=O) groups is 3. The minimum Gasteiger partial charge on any atom is -0.453 e. The summed E-state index contributed by atoms with van der Waals surface area (Å²) in [4.78, 5) is 34.9. The van der Waals surface area contributed by atoms with Gasteiger partial charge in [-0.3, -0.25) is 9.59 Å². The molecule has 1 heterocycles. The van der Waals surface area contributed by atoms with E-state index in [0.717, 1.165) is 0 Å². The number of esters is 2. The van der Waals surface area contributed by atoms with Crippen molar-refractivity contribution in [3.05, 3.63) is 65.2 Å². The second kappa shape index (κ2) is 6.04. The number of rotatable bonds is 4. The lowest BCUT2D eigenvalue weighted by molar-refractivity contribution is -0.136. The van der Waals surface area contributed by atoms with E-state index in [1.165, 1.54) is 6.92 Å². The first kappa shape index (κ1) is 15.0. The quantitative estimate of drug-likeness (QED) is 0.493. The summed E-state index contributed by atoms with van der Waals surface area (Å²) in [7, 11) is 0. The van der Waals surface area contributed by atoms with E-state index in [4.69, 9.17) is 9.47 Å². The van der Waals surface area contributed by atoms with E-state index >= 15 is 0 Å². The Hall–Kier alpha value is -2.95. The van der Waals surface area contributed by atoms with Gasteiger partial charge in [0.1, 0.15) is 11.9 Å². The van der Waals surface area contributed by atoms with E-state index in [2.05, 4.69) is 0 Å². The highest BCUT2D eigenvalue weighted by Gasteiger charge is 2.32. The second-order valence-corrected chi connectivity index (χ2v) is 5.24. The SMILES string of the molecule is CC(=O)c1ccc(OC(=O)C[C@@H]2OC(=O)c3ccccc32)cc1. The van der Waals surface area contributed by atoms with Crippen molar-refractivity contribution < 1.29 is 23.9 Å². The monoisotopic (exact) mass is 310 g/mol. The molecule has 2 aromatic carbocycles. The van der Waals surface area contributed by atoms with E-state index in [1.54, 1.807) is 48.5 Å². The number of carbonyl (C=O) groups excluding carboxylic acids is 3. The van der Waals surface area contributed by atoms with Gasteiger partial charge in [0.15, 0.2) is 5.78 Å². The molecule has 23 heavy (non-hydrogen) atoms. The van der Waals surface area contributed by atoms with E-state index in [0.29, 0.717) is 22.4 Å². The molecule has 0 amide bonds. The molecule has 116 valence electrons. The molecule has 1 atom stereocenters. The summed E-state index contributed by atoms with van der Waals surface area (Å²) >= 11 is 0. The van der Waals surface area contributed by atoms with Gasteiger partial charge in [-0.05, 0) is 37.3 Å². The minimum absolute atomic E-state index is 0.0580. The summed E-state index contributed by atoms with van der Waals surface area (Å²) < 4.78 is 10.4. The number of fused-ring (bicyclic) bond motifs is 1. The molecule has 0 unspecified atom stereocenters. The lowest BCUT2D eigenvalue weighted by atomic mass is 10.0. The van der Waals surface area contributed by atoms with Crippen molar-refractivity contribution in [3.63, 3.8) is 0 Å². The molecule has 0 saturated carbocycles. The Balaban J connectivity index is 1.66. The smallest absolute Gasteiger partial charge is 0.339 e. The maximum Gasteiger partial charge on any atom is 0.339 e. The molecule has 0 aromatic heterocycles. The van der Waals surface area contributed by atoms with Gasteiger partial charge in [-0.15, -0.1) is 0 Å². The van der Waals surface area contributed by atoms with Gasteiger partial charge in [-0.2, -0.15) is 0 Å². The molecular formula is C18H14O5. The first-order valence-corrected chi connectivity index (χ1v) is 7.16. The Morgan fingerprint density at radius 1 is 1.09 bits per heavy atom. The standard InChI is InChI=1S/C18H14O5/c1-11(19)12-6-8-13(9-7-12)22-17(20)10-16-14-4-2-3-5-15(14)18(21)23-16/h2-9,16H,10H2,1H3/t16-/m0/s1. The molecule has 1 aliphatic rings. The fourth-order valence-electron chi connectivity index (χ4n) is 2.45. The zero-order valence-electron chi connectivity index (χ0n) is 12.4. The van der Waals surface area contributed by atoms with Gasteiger partial charge >= 0.3 is 11.9 Å². The molecule has 0 fully saturated rings.